The molecule has 3 unspecified atom stereocenters. The van der Waals surface area contributed by atoms with E-state index in [0.29, 0.717) is 11.7 Å². The molecule has 0 N–H and O–H groups in total. The van der Waals surface area contributed by atoms with E-state index >= 15 is 0 Å². The van der Waals surface area contributed by atoms with Gasteiger partial charge in [-0.25, -0.2) is 9.97 Å². The van der Waals surface area contributed by atoms with Crippen LogP contribution in [-0.2, 0) is 0 Å². The van der Waals surface area contributed by atoms with Gasteiger partial charge in [0.2, 0.25) is 0 Å². The van der Waals surface area contributed by atoms with E-state index in [1.54, 1.807) is 0 Å². The number of nitrogens with zero attached hydrogens (tertiary/aromatic N) is 4. The molecule has 4 heteroatoms. The van der Waals surface area contributed by atoms with Crippen LogP contribution in [0.2, 0.25) is 0 Å². The van der Waals surface area contributed by atoms with Gasteiger partial charge < -0.3 is 9.47 Å². The number of allylic oxidation sites excluding steroid dienone is 3. The molecule has 1 aliphatic heterocycles. The summed E-state index contributed by atoms with van der Waals surface area (Å²) in [7, 11) is 0. The van der Waals surface area contributed by atoms with E-state index in [1.807, 2.05) is 6.07 Å². The third-order valence-electron chi connectivity index (χ3n) is 12.4. The monoisotopic (exact) mass is 746 g/mol. The van der Waals surface area contributed by atoms with Gasteiger partial charge >= 0.3 is 0 Å². The third-order valence-corrected chi connectivity index (χ3v) is 12.4. The first-order valence-corrected chi connectivity index (χ1v) is 20.3. The van der Waals surface area contributed by atoms with Gasteiger partial charge in [0, 0.05) is 50.8 Å². The van der Waals surface area contributed by atoms with Gasteiger partial charge in [-0.15, -0.1) is 0 Å². The van der Waals surface area contributed by atoms with Crippen molar-refractivity contribution in [2.45, 2.75) is 37.6 Å². The zero-order valence-electron chi connectivity index (χ0n) is 32.6. The molecule has 0 bridgehead atoms. The van der Waals surface area contributed by atoms with Gasteiger partial charge in [-0.05, 0) is 90.1 Å². The summed E-state index contributed by atoms with van der Waals surface area (Å²) < 4.78 is 2.48. The Bertz CT molecular complexity index is 2970. The number of anilines is 2. The fourth-order valence-corrected chi connectivity index (χ4v) is 9.68. The molecule has 6 aromatic carbocycles. The van der Waals surface area contributed by atoms with Crippen molar-refractivity contribution in [3.63, 3.8) is 0 Å². The van der Waals surface area contributed by atoms with Gasteiger partial charge in [-0.2, -0.15) is 0 Å². The Morgan fingerprint density at radius 2 is 1.29 bits per heavy atom. The van der Waals surface area contributed by atoms with Gasteiger partial charge in [0.15, 0.2) is 5.82 Å². The molecule has 0 amide bonds. The van der Waals surface area contributed by atoms with Crippen molar-refractivity contribution in [2.75, 3.05) is 4.90 Å². The minimum absolute atomic E-state index is 0.219. The van der Waals surface area contributed by atoms with Crippen LogP contribution in [0.3, 0.4) is 0 Å². The predicted molar refractivity (Wildman–Crippen MR) is 241 cm³/mol. The van der Waals surface area contributed by atoms with Crippen molar-refractivity contribution in [2.24, 2.45) is 0 Å². The first-order chi connectivity index (χ1) is 28.5. The summed E-state index contributed by atoms with van der Waals surface area (Å²) in [6.07, 6.45) is 14.8. The van der Waals surface area contributed by atoms with Crippen LogP contribution in [0.15, 0.2) is 188 Å². The van der Waals surface area contributed by atoms with E-state index in [4.69, 9.17) is 9.97 Å². The van der Waals surface area contributed by atoms with E-state index in [-0.39, 0.29) is 11.5 Å². The molecular formula is C54H42N4. The zero-order valence-corrected chi connectivity index (χ0v) is 32.6. The standard InChI is InChI=1S/C54H42N4/c1-36-17-15-29-51-52(36)45-25-10-11-27-49(45)57(51)42-32-41(33-43(34-42)58-50-28-12-9-24-44(50)46-26-13-14-30-54(46,58)2)48-35-47(55-53(56-48)38-20-7-4-8-21-38)40-23-16-22-39(31-40)37-18-5-3-6-19-37/h3-16,18-36,46H,17H2,1-2H3. The summed E-state index contributed by atoms with van der Waals surface area (Å²) in [4.78, 5) is 13.2. The highest BCUT2D eigenvalue weighted by Crippen LogP contribution is 2.54. The molecule has 2 aromatic heterocycles. The highest BCUT2D eigenvalue weighted by Gasteiger charge is 2.47. The van der Waals surface area contributed by atoms with Gasteiger partial charge in [0.05, 0.1) is 22.4 Å². The van der Waals surface area contributed by atoms with Crippen LogP contribution >= 0.6 is 0 Å². The zero-order chi connectivity index (χ0) is 38.8. The molecule has 278 valence electrons. The lowest BCUT2D eigenvalue weighted by Crippen LogP contribution is -2.42. The molecule has 8 aromatic rings. The van der Waals surface area contributed by atoms with Crippen molar-refractivity contribution in [3.8, 4) is 50.7 Å². The van der Waals surface area contributed by atoms with Crippen molar-refractivity contribution in [3.05, 3.63) is 205 Å². The molecule has 0 saturated carbocycles. The molecule has 2 aliphatic carbocycles. The molecular weight excluding hydrogens is 705 g/mol. The second-order valence-corrected chi connectivity index (χ2v) is 16.0. The molecule has 0 radical (unpaired) electrons. The van der Waals surface area contributed by atoms with Crippen molar-refractivity contribution in [1.29, 1.82) is 0 Å². The fourth-order valence-electron chi connectivity index (χ4n) is 9.68. The van der Waals surface area contributed by atoms with Crippen molar-refractivity contribution in [1.82, 2.24) is 14.5 Å². The molecule has 4 nitrogen and oxygen atoms in total. The maximum absolute atomic E-state index is 5.40. The normalized spacial score (nSPS) is 19.0. The van der Waals surface area contributed by atoms with E-state index in [2.05, 4.69) is 211 Å². The summed E-state index contributed by atoms with van der Waals surface area (Å²) in [5.41, 5.74) is 15.5. The molecule has 0 saturated heterocycles. The highest BCUT2D eigenvalue weighted by molar-refractivity contribution is 5.92. The quantitative estimate of drug-likeness (QED) is 0.170. The number of rotatable bonds is 6. The average Bonchev–Trinajstić information content (AvgIpc) is 3.77. The fraction of sp³-hybridized carbons (Fsp3) is 0.111. The SMILES string of the molecule is CC1CC=Cc2c1c1ccccc1n2-c1cc(-c2cc(-c3cccc(-c4ccccc4)c3)nc(-c3ccccc3)n2)cc(N2c3ccccc3C3C=CC=CC32C)c1. The maximum atomic E-state index is 5.40. The third kappa shape index (κ3) is 5.51. The molecule has 0 fully saturated rings. The summed E-state index contributed by atoms with van der Waals surface area (Å²) in [6, 6.07) is 56.7. The number of aromatic nitrogens is 3. The van der Waals surface area contributed by atoms with Crippen molar-refractivity contribution < 1.29 is 0 Å². The largest absolute Gasteiger partial charge is 0.331 e. The first-order valence-electron chi connectivity index (χ1n) is 20.3. The van der Waals surface area contributed by atoms with Crippen LogP contribution in [0.1, 0.15) is 48.9 Å². The number of hydrogen-bond acceptors (Lipinski definition) is 3. The van der Waals surface area contributed by atoms with Gasteiger partial charge in [0.1, 0.15) is 0 Å². The molecule has 3 aliphatic rings. The Morgan fingerprint density at radius 1 is 0.603 bits per heavy atom. The first kappa shape index (κ1) is 34.2. The van der Waals surface area contributed by atoms with Crippen LogP contribution in [0, 0.1) is 0 Å². The van der Waals surface area contributed by atoms with E-state index in [0.717, 1.165) is 51.4 Å². The number of hydrogen-bond donors (Lipinski definition) is 0. The van der Waals surface area contributed by atoms with Crippen LogP contribution in [-0.4, -0.2) is 20.1 Å². The Morgan fingerprint density at radius 3 is 2.14 bits per heavy atom. The molecule has 3 atom stereocenters. The van der Waals surface area contributed by atoms with E-state index in [1.165, 1.54) is 39.0 Å². The Kier molecular flexibility index (Phi) is 8.01. The van der Waals surface area contributed by atoms with E-state index in [9.17, 15) is 0 Å². The lowest BCUT2D eigenvalue weighted by molar-refractivity contribution is 0.542. The number of benzene rings is 6. The topological polar surface area (TPSA) is 34.0 Å². The molecule has 11 rings (SSSR count). The molecule has 58 heavy (non-hydrogen) atoms. The lowest BCUT2D eigenvalue weighted by Gasteiger charge is -2.39. The molecule has 3 heterocycles. The van der Waals surface area contributed by atoms with E-state index < -0.39 is 0 Å². The van der Waals surface area contributed by atoms with Crippen molar-refractivity contribution >= 4 is 28.4 Å². The Hall–Kier alpha value is -7.04. The second kappa shape index (κ2) is 13.6. The van der Waals surface area contributed by atoms with Gasteiger partial charge in [-0.3, -0.25) is 0 Å². The Labute approximate surface area is 339 Å². The second-order valence-electron chi connectivity index (χ2n) is 16.0. The Balaban J connectivity index is 1.18. The summed E-state index contributed by atoms with van der Waals surface area (Å²) in [6.45, 7) is 4.73. The molecule has 0 spiro atoms. The van der Waals surface area contributed by atoms with Gasteiger partial charge in [-0.1, -0.05) is 153 Å². The highest BCUT2D eigenvalue weighted by atomic mass is 15.2. The van der Waals surface area contributed by atoms with Crippen LogP contribution in [0.4, 0.5) is 11.4 Å². The summed E-state index contributed by atoms with van der Waals surface area (Å²) >= 11 is 0. The number of para-hydroxylation sites is 2. The number of fused-ring (bicyclic) bond motifs is 6. The smallest absolute Gasteiger partial charge is 0.160 e. The van der Waals surface area contributed by atoms with Crippen LogP contribution in [0.25, 0.3) is 67.7 Å². The maximum Gasteiger partial charge on any atom is 0.160 e. The van der Waals surface area contributed by atoms with Crippen LogP contribution < -0.4 is 4.90 Å². The minimum atomic E-state index is -0.301. The summed E-state index contributed by atoms with van der Waals surface area (Å²) in [5, 5.41) is 1.31. The van der Waals surface area contributed by atoms with Crippen LogP contribution in [0.5, 0.6) is 0 Å². The van der Waals surface area contributed by atoms with Gasteiger partial charge in [0.25, 0.3) is 0 Å². The summed E-state index contributed by atoms with van der Waals surface area (Å²) in [5.74, 6) is 1.34. The lowest BCUT2D eigenvalue weighted by atomic mass is 9.80. The minimum Gasteiger partial charge on any atom is -0.331 e. The average molecular weight is 747 g/mol. The predicted octanol–water partition coefficient (Wildman–Crippen LogP) is 13.7.